The van der Waals surface area contributed by atoms with Crippen LogP contribution in [0, 0.1) is 0 Å². The fourth-order valence-corrected chi connectivity index (χ4v) is 2.41. The molecule has 2 aromatic rings. The van der Waals surface area contributed by atoms with Gasteiger partial charge in [0.05, 0.1) is 11.3 Å². The number of carboxylic acid groups (broad SMARTS) is 1. The van der Waals surface area contributed by atoms with Gasteiger partial charge in [0.1, 0.15) is 0 Å². The molecule has 6 heteroatoms. The second-order valence-electron chi connectivity index (χ2n) is 4.44. The van der Waals surface area contributed by atoms with Gasteiger partial charge in [-0.05, 0) is 37.1 Å². The maximum absolute atomic E-state index is 10.7. The summed E-state index contributed by atoms with van der Waals surface area (Å²) >= 11 is 1.56. The first-order valence-corrected chi connectivity index (χ1v) is 6.99. The lowest BCUT2D eigenvalue weighted by molar-refractivity contribution is 0.0697. The van der Waals surface area contributed by atoms with E-state index < -0.39 is 5.97 Å². The third-order valence-electron chi connectivity index (χ3n) is 2.88. The van der Waals surface area contributed by atoms with E-state index in [9.17, 15) is 4.79 Å². The quantitative estimate of drug-likeness (QED) is 0.846. The summed E-state index contributed by atoms with van der Waals surface area (Å²) < 4.78 is 5.18. The molecule has 1 fully saturated rings. The normalized spacial score (nSPS) is 14.5. The molecule has 3 rings (SSSR count). The third kappa shape index (κ3) is 2.96. The molecule has 0 radical (unpaired) electrons. The molecule has 0 unspecified atom stereocenters. The molecule has 1 aliphatic carbocycles. The molecule has 0 spiro atoms. The average Bonchev–Trinajstić information content (AvgIpc) is 3.16. The average molecular weight is 276 g/mol. The van der Waals surface area contributed by atoms with Crippen LogP contribution in [0.4, 0.5) is 0 Å². The molecule has 19 heavy (non-hydrogen) atoms. The highest BCUT2D eigenvalue weighted by Crippen LogP contribution is 2.39. The van der Waals surface area contributed by atoms with Crippen molar-refractivity contribution in [3.63, 3.8) is 0 Å². The van der Waals surface area contributed by atoms with Crippen molar-refractivity contribution < 1.29 is 14.4 Å². The molecule has 1 aliphatic rings. The van der Waals surface area contributed by atoms with Gasteiger partial charge in [0.15, 0.2) is 5.82 Å². The fourth-order valence-electron chi connectivity index (χ4n) is 1.66. The molecule has 1 aromatic carbocycles. The summed E-state index contributed by atoms with van der Waals surface area (Å²) in [4.78, 5) is 16.1. The van der Waals surface area contributed by atoms with Gasteiger partial charge in [0.25, 0.3) is 0 Å². The molecule has 0 aliphatic heterocycles. The zero-order valence-corrected chi connectivity index (χ0v) is 10.9. The van der Waals surface area contributed by atoms with Crippen LogP contribution in [0.1, 0.15) is 40.8 Å². The Bertz CT molecular complexity index is 590. The Morgan fingerprint density at radius 3 is 2.74 bits per heavy atom. The zero-order valence-electron chi connectivity index (χ0n) is 10.1. The Morgan fingerprint density at radius 1 is 1.37 bits per heavy atom. The molecule has 0 saturated heterocycles. The first kappa shape index (κ1) is 12.2. The van der Waals surface area contributed by atoms with E-state index in [4.69, 9.17) is 9.63 Å². The SMILES string of the molecule is O=C(O)c1ccc(SCc2noc(C3CC3)n2)cc1. The van der Waals surface area contributed by atoms with Gasteiger partial charge in [-0.3, -0.25) is 0 Å². The minimum Gasteiger partial charge on any atom is -0.478 e. The topological polar surface area (TPSA) is 76.2 Å². The van der Waals surface area contributed by atoms with Gasteiger partial charge >= 0.3 is 5.97 Å². The van der Waals surface area contributed by atoms with Crippen molar-refractivity contribution >= 4 is 17.7 Å². The van der Waals surface area contributed by atoms with E-state index in [1.165, 1.54) is 0 Å². The van der Waals surface area contributed by atoms with Crippen molar-refractivity contribution in [2.75, 3.05) is 0 Å². The van der Waals surface area contributed by atoms with Crippen LogP contribution in [-0.4, -0.2) is 21.2 Å². The summed E-state index contributed by atoms with van der Waals surface area (Å²) in [5, 5.41) is 12.7. The number of aromatic carboxylic acids is 1. The minimum atomic E-state index is -0.913. The standard InChI is InChI=1S/C13H12N2O3S/c16-13(17)9-3-5-10(6-4-9)19-7-11-14-12(18-15-11)8-1-2-8/h3-6,8H,1-2,7H2,(H,16,17). The van der Waals surface area contributed by atoms with Crippen molar-refractivity contribution in [1.29, 1.82) is 0 Å². The van der Waals surface area contributed by atoms with Gasteiger partial charge in [-0.2, -0.15) is 4.98 Å². The summed E-state index contributed by atoms with van der Waals surface area (Å²) in [6.07, 6.45) is 2.29. The summed E-state index contributed by atoms with van der Waals surface area (Å²) in [5.41, 5.74) is 0.292. The van der Waals surface area contributed by atoms with E-state index in [0.717, 1.165) is 23.6 Å². The summed E-state index contributed by atoms with van der Waals surface area (Å²) in [6.45, 7) is 0. The smallest absolute Gasteiger partial charge is 0.335 e. The number of nitrogens with zero attached hydrogens (tertiary/aromatic N) is 2. The highest BCUT2D eigenvalue weighted by molar-refractivity contribution is 7.98. The molecule has 0 amide bonds. The third-order valence-corrected chi connectivity index (χ3v) is 3.89. The van der Waals surface area contributed by atoms with Crippen LogP contribution in [0.2, 0.25) is 0 Å². The van der Waals surface area contributed by atoms with Crippen LogP contribution in [-0.2, 0) is 5.75 Å². The Labute approximate surface area is 114 Å². The first-order chi connectivity index (χ1) is 9.22. The molecule has 0 atom stereocenters. The lowest BCUT2D eigenvalue weighted by Gasteiger charge is -1.99. The largest absolute Gasteiger partial charge is 0.478 e. The lowest BCUT2D eigenvalue weighted by Crippen LogP contribution is -1.94. The monoisotopic (exact) mass is 276 g/mol. The second-order valence-corrected chi connectivity index (χ2v) is 5.49. The summed E-state index contributed by atoms with van der Waals surface area (Å²) in [6, 6.07) is 6.76. The van der Waals surface area contributed by atoms with Gasteiger partial charge in [-0.15, -0.1) is 11.8 Å². The predicted molar refractivity (Wildman–Crippen MR) is 69.2 cm³/mol. The van der Waals surface area contributed by atoms with Crippen LogP contribution in [0.15, 0.2) is 33.7 Å². The molecule has 5 nitrogen and oxygen atoms in total. The predicted octanol–water partition coefficient (Wildman–Crippen LogP) is 2.94. The number of carbonyl (C=O) groups is 1. The summed E-state index contributed by atoms with van der Waals surface area (Å²) in [7, 11) is 0. The maximum Gasteiger partial charge on any atom is 0.335 e. The van der Waals surface area contributed by atoms with Gasteiger partial charge in [0, 0.05) is 10.8 Å². The van der Waals surface area contributed by atoms with Crippen LogP contribution < -0.4 is 0 Å². The number of carboxylic acids is 1. The van der Waals surface area contributed by atoms with Crippen molar-refractivity contribution in [2.24, 2.45) is 0 Å². The lowest BCUT2D eigenvalue weighted by atomic mass is 10.2. The Morgan fingerprint density at radius 2 is 2.11 bits per heavy atom. The van der Waals surface area contributed by atoms with Crippen LogP contribution in [0.25, 0.3) is 0 Å². The molecule has 98 valence electrons. The van der Waals surface area contributed by atoms with Crippen LogP contribution in [0.5, 0.6) is 0 Å². The number of hydrogen-bond acceptors (Lipinski definition) is 5. The highest BCUT2D eigenvalue weighted by Gasteiger charge is 2.29. The van der Waals surface area contributed by atoms with Crippen molar-refractivity contribution in [2.45, 2.75) is 29.4 Å². The van der Waals surface area contributed by atoms with Gasteiger partial charge < -0.3 is 9.63 Å². The van der Waals surface area contributed by atoms with E-state index in [1.807, 2.05) is 0 Å². The van der Waals surface area contributed by atoms with E-state index in [-0.39, 0.29) is 0 Å². The van der Waals surface area contributed by atoms with Gasteiger partial charge in [0.2, 0.25) is 5.89 Å². The van der Waals surface area contributed by atoms with Crippen molar-refractivity contribution in [1.82, 2.24) is 10.1 Å². The molecular formula is C13H12N2O3S. The highest BCUT2D eigenvalue weighted by atomic mass is 32.2. The van der Waals surface area contributed by atoms with E-state index >= 15 is 0 Å². The second kappa shape index (κ2) is 5.05. The molecule has 1 saturated carbocycles. The Balaban J connectivity index is 1.59. The van der Waals surface area contributed by atoms with Gasteiger partial charge in [-0.25, -0.2) is 4.79 Å². The van der Waals surface area contributed by atoms with Gasteiger partial charge in [-0.1, -0.05) is 5.16 Å². The van der Waals surface area contributed by atoms with Crippen molar-refractivity contribution in [3.05, 3.63) is 41.5 Å². The molecular weight excluding hydrogens is 264 g/mol. The zero-order chi connectivity index (χ0) is 13.2. The minimum absolute atomic E-state index is 0.292. The van der Waals surface area contributed by atoms with Crippen LogP contribution >= 0.6 is 11.8 Å². The molecule has 1 heterocycles. The number of benzene rings is 1. The maximum atomic E-state index is 10.7. The fraction of sp³-hybridized carbons (Fsp3) is 0.308. The number of thioether (sulfide) groups is 1. The van der Waals surface area contributed by atoms with E-state index in [1.54, 1.807) is 36.0 Å². The molecule has 1 aromatic heterocycles. The first-order valence-electron chi connectivity index (χ1n) is 6.01. The van der Waals surface area contributed by atoms with Crippen molar-refractivity contribution in [3.8, 4) is 0 Å². The Hall–Kier alpha value is -1.82. The van der Waals surface area contributed by atoms with E-state index in [2.05, 4.69) is 10.1 Å². The molecule has 0 bridgehead atoms. The number of hydrogen-bond donors (Lipinski definition) is 1. The number of aromatic nitrogens is 2. The van der Waals surface area contributed by atoms with Crippen LogP contribution in [0.3, 0.4) is 0 Å². The Kier molecular flexibility index (Phi) is 3.25. The van der Waals surface area contributed by atoms with E-state index in [0.29, 0.717) is 23.1 Å². The number of rotatable bonds is 5. The molecule has 1 N–H and O–H groups in total. The summed E-state index contributed by atoms with van der Waals surface area (Å²) in [5.74, 6) is 1.62.